The molecule has 0 aliphatic heterocycles. The van der Waals surface area contributed by atoms with Crippen LogP contribution in [-0.2, 0) is 0 Å². The van der Waals surface area contributed by atoms with E-state index in [4.69, 9.17) is 4.52 Å². The summed E-state index contributed by atoms with van der Waals surface area (Å²) in [7, 11) is 0. The van der Waals surface area contributed by atoms with Gasteiger partial charge in [0.25, 0.3) is 5.91 Å². The molecule has 3 rings (SSSR count). The molecule has 1 unspecified atom stereocenters. The van der Waals surface area contributed by atoms with Crippen molar-refractivity contribution in [1.82, 2.24) is 15.5 Å². The first-order valence-corrected chi connectivity index (χ1v) is 9.20. The van der Waals surface area contributed by atoms with Gasteiger partial charge >= 0.3 is 0 Å². The lowest BCUT2D eigenvalue weighted by Crippen LogP contribution is -2.32. The Bertz CT molecular complexity index is 886. The molecule has 134 valence electrons. The van der Waals surface area contributed by atoms with Gasteiger partial charge in [0.1, 0.15) is 6.04 Å². The average molecular weight is 414 g/mol. The molecule has 1 aromatic heterocycles. The minimum Gasteiger partial charge on any atom is -0.340 e. The second-order valence-electron chi connectivity index (χ2n) is 6.52. The number of benzene rings is 2. The third kappa shape index (κ3) is 4.19. The first-order chi connectivity index (χ1) is 12.4. The van der Waals surface area contributed by atoms with E-state index in [1.807, 2.05) is 69.3 Å². The fourth-order valence-corrected chi connectivity index (χ4v) is 2.79. The summed E-state index contributed by atoms with van der Waals surface area (Å²) >= 11 is 3.41. The number of carbonyl (C=O) groups is 1. The van der Waals surface area contributed by atoms with Crippen molar-refractivity contribution in [2.24, 2.45) is 5.92 Å². The Kier molecular flexibility index (Phi) is 5.52. The van der Waals surface area contributed by atoms with Crippen molar-refractivity contribution in [1.29, 1.82) is 0 Å². The molecule has 1 heterocycles. The molecule has 0 saturated carbocycles. The van der Waals surface area contributed by atoms with Gasteiger partial charge in [-0.1, -0.05) is 52.6 Å². The van der Waals surface area contributed by atoms with Crippen LogP contribution in [0.3, 0.4) is 0 Å². The van der Waals surface area contributed by atoms with Crippen molar-refractivity contribution < 1.29 is 9.32 Å². The van der Waals surface area contributed by atoms with Gasteiger partial charge in [-0.3, -0.25) is 4.79 Å². The van der Waals surface area contributed by atoms with Crippen LogP contribution >= 0.6 is 15.9 Å². The monoisotopic (exact) mass is 413 g/mol. The zero-order valence-corrected chi connectivity index (χ0v) is 16.4. The predicted molar refractivity (Wildman–Crippen MR) is 104 cm³/mol. The Balaban J connectivity index is 1.81. The SMILES string of the molecule is Cc1ccc(C(=O)NC(c2nc(-c3ccc(Br)cc3)no2)C(C)C)cc1. The van der Waals surface area contributed by atoms with Crippen molar-refractivity contribution in [2.75, 3.05) is 0 Å². The molecule has 2 aromatic carbocycles. The van der Waals surface area contributed by atoms with Crippen molar-refractivity contribution in [3.63, 3.8) is 0 Å². The van der Waals surface area contributed by atoms with Crippen molar-refractivity contribution >= 4 is 21.8 Å². The lowest BCUT2D eigenvalue weighted by molar-refractivity contribution is 0.0914. The number of nitrogens with one attached hydrogen (secondary N) is 1. The molecule has 0 saturated heterocycles. The Morgan fingerprint density at radius 1 is 1.08 bits per heavy atom. The van der Waals surface area contributed by atoms with E-state index in [1.165, 1.54) is 0 Å². The van der Waals surface area contributed by atoms with Gasteiger partial charge in [-0.2, -0.15) is 4.98 Å². The van der Waals surface area contributed by atoms with Gasteiger partial charge in [-0.25, -0.2) is 0 Å². The van der Waals surface area contributed by atoms with Gasteiger partial charge in [-0.05, 0) is 49.2 Å². The van der Waals surface area contributed by atoms with Crippen LogP contribution in [0.15, 0.2) is 57.5 Å². The summed E-state index contributed by atoms with van der Waals surface area (Å²) in [6.45, 7) is 5.99. The summed E-state index contributed by atoms with van der Waals surface area (Å²) in [5, 5.41) is 7.06. The van der Waals surface area contributed by atoms with Gasteiger partial charge < -0.3 is 9.84 Å². The van der Waals surface area contributed by atoms with Crippen LogP contribution in [0.4, 0.5) is 0 Å². The molecular weight excluding hydrogens is 394 g/mol. The number of aryl methyl sites for hydroxylation is 1. The number of halogens is 1. The number of aromatic nitrogens is 2. The molecule has 1 amide bonds. The number of amides is 1. The Morgan fingerprint density at radius 3 is 2.35 bits per heavy atom. The largest absolute Gasteiger partial charge is 0.340 e. The Morgan fingerprint density at radius 2 is 1.73 bits per heavy atom. The number of carbonyl (C=O) groups excluding carboxylic acids is 1. The molecule has 26 heavy (non-hydrogen) atoms. The van der Waals surface area contributed by atoms with E-state index in [1.54, 1.807) is 0 Å². The summed E-state index contributed by atoms with van der Waals surface area (Å²) < 4.78 is 6.42. The van der Waals surface area contributed by atoms with Crippen LogP contribution in [0.5, 0.6) is 0 Å². The zero-order chi connectivity index (χ0) is 18.7. The highest BCUT2D eigenvalue weighted by Crippen LogP contribution is 2.25. The molecular formula is C20H20BrN3O2. The molecule has 1 N–H and O–H groups in total. The molecule has 0 bridgehead atoms. The maximum Gasteiger partial charge on any atom is 0.251 e. The van der Waals surface area contributed by atoms with E-state index in [-0.39, 0.29) is 17.9 Å². The first kappa shape index (κ1) is 18.3. The summed E-state index contributed by atoms with van der Waals surface area (Å²) in [6.07, 6.45) is 0. The molecule has 0 aliphatic rings. The molecule has 0 radical (unpaired) electrons. The summed E-state index contributed by atoms with van der Waals surface area (Å²) in [5.41, 5.74) is 2.57. The smallest absolute Gasteiger partial charge is 0.251 e. The summed E-state index contributed by atoms with van der Waals surface area (Å²) in [6, 6.07) is 14.7. The van der Waals surface area contributed by atoms with Gasteiger partial charge in [0.05, 0.1) is 0 Å². The number of hydrogen-bond acceptors (Lipinski definition) is 4. The van der Waals surface area contributed by atoms with Crippen LogP contribution < -0.4 is 5.32 Å². The standard InChI is InChI=1S/C20H20BrN3O2/c1-12(2)17(22-19(25)15-6-4-13(3)5-7-15)20-23-18(24-26-20)14-8-10-16(21)11-9-14/h4-12,17H,1-3H3,(H,22,25). The normalized spacial score (nSPS) is 12.2. The molecule has 6 heteroatoms. The van der Waals surface area contributed by atoms with Crippen molar-refractivity contribution in [3.05, 3.63) is 70.0 Å². The van der Waals surface area contributed by atoms with Crippen LogP contribution in [0.2, 0.25) is 0 Å². The molecule has 1 atom stereocenters. The highest BCUT2D eigenvalue weighted by atomic mass is 79.9. The van der Waals surface area contributed by atoms with E-state index in [0.717, 1.165) is 15.6 Å². The molecule has 0 aliphatic carbocycles. The third-order valence-electron chi connectivity index (χ3n) is 4.08. The minimum atomic E-state index is -0.361. The minimum absolute atomic E-state index is 0.0996. The van der Waals surface area contributed by atoms with Gasteiger partial charge in [-0.15, -0.1) is 0 Å². The topological polar surface area (TPSA) is 68.0 Å². The second kappa shape index (κ2) is 7.83. The third-order valence-corrected chi connectivity index (χ3v) is 4.61. The van der Waals surface area contributed by atoms with Gasteiger partial charge in [0, 0.05) is 15.6 Å². The molecule has 5 nitrogen and oxygen atoms in total. The average Bonchev–Trinajstić information content (AvgIpc) is 3.10. The van der Waals surface area contributed by atoms with Crippen LogP contribution in [0, 0.1) is 12.8 Å². The molecule has 0 fully saturated rings. The highest BCUT2D eigenvalue weighted by Gasteiger charge is 2.25. The van der Waals surface area contributed by atoms with Crippen LogP contribution in [-0.4, -0.2) is 16.0 Å². The second-order valence-corrected chi connectivity index (χ2v) is 7.44. The Hall–Kier alpha value is -2.47. The zero-order valence-electron chi connectivity index (χ0n) is 14.9. The van der Waals surface area contributed by atoms with Gasteiger partial charge in [0.15, 0.2) is 0 Å². The fraction of sp³-hybridized carbons (Fsp3) is 0.250. The predicted octanol–water partition coefficient (Wildman–Crippen LogP) is 4.93. The number of rotatable bonds is 5. The lowest BCUT2D eigenvalue weighted by Gasteiger charge is -2.18. The summed E-state index contributed by atoms with van der Waals surface area (Å²) in [5.74, 6) is 0.843. The maximum atomic E-state index is 12.6. The van der Waals surface area contributed by atoms with E-state index in [2.05, 4.69) is 31.4 Å². The highest BCUT2D eigenvalue weighted by molar-refractivity contribution is 9.10. The van der Waals surface area contributed by atoms with E-state index in [0.29, 0.717) is 17.3 Å². The quantitative estimate of drug-likeness (QED) is 0.643. The maximum absolute atomic E-state index is 12.6. The lowest BCUT2D eigenvalue weighted by atomic mass is 10.0. The van der Waals surface area contributed by atoms with E-state index in [9.17, 15) is 4.79 Å². The van der Waals surface area contributed by atoms with Gasteiger partial charge in [0.2, 0.25) is 11.7 Å². The fourth-order valence-electron chi connectivity index (χ4n) is 2.52. The summed E-state index contributed by atoms with van der Waals surface area (Å²) in [4.78, 5) is 17.0. The number of nitrogens with zero attached hydrogens (tertiary/aromatic N) is 2. The van der Waals surface area contributed by atoms with E-state index < -0.39 is 0 Å². The van der Waals surface area contributed by atoms with Crippen LogP contribution in [0.1, 0.15) is 41.7 Å². The first-order valence-electron chi connectivity index (χ1n) is 8.41. The van der Waals surface area contributed by atoms with Crippen molar-refractivity contribution in [3.8, 4) is 11.4 Å². The molecule has 0 spiro atoms. The Labute approximate surface area is 160 Å². The van der Waals surface area contributed by atoms with Crippen LogP contribution in [0.25, 0.3) is 11.4 Å². The number of hydrogen-bond donors (Lipinski definition) is 1. The molecule has 3 aromatic rings. The van der Waals surface area contributed by atoms with E-state index >= 15 is 0 Å². The van der Waals surface area contributed by atoms with Crippen molar-refractivity contribution in [2.45, 2.75) is 26.8 Å².